The third kappa shape index (κ3) is 4.66. The van der Waals surface area contributed by atoms with Crippen LogP contribution in [-0.4, -0.2) is 44.9 Å². The first-order valence-electron chi connectivity index (χ1n) is 8.16. The van der Waals surface area contributed by atoms with Crippen LogP contribution in [0.1, 0.15) is 18.4 Å². The Labute approximate surface area is 154 Å². The second kappa shape index (κ2) is 8.09. The normalized spacial score (nSPS) is 17.0. The van der Waals surface area contributed by atoms with Gasteiger partial charge in [0.1, 0.15) is 6.10 Å². The Morgan fingerprint density at radius 2 is 2.00 bits per heavy atom. The zero-order valence-corrected chi connectivity index (χ0v) is 14.6. The first kappa shape index (κ1) is 18.1. The van der Waals surface area contributed by atoms with Crippen molar-refractivity contribution in [2.24, 2.45) is 0 Å². The van der Waals surface area contributed by atoms with Crippen molar-refractivity contribution in [1.82, 2.24) is 14.9 Å². The molecule has 1 aliphatic heterocycles. The zero-order valence-electron chi connectivity index (χ0n) is 13.9. The lowest BCUT2D eigenvalue weighted by Crippen LogP contribution is -2.45. The lowest BCUT2D eigenvalue weighted by atomic mass is 10.1. The van der Waals surface area contributed by atoms with Gasteiger partial charge in [0.25, 0.3) is 5.69 Å². The third-order valence-corrected chi connectivity index (χ3v) is 4.30. The highest BCUT2D eigenvalue weighted by molar-refractivity contribution is 6.30. The lowest BCUT2D eigenvalue weighted by molar-refractivity contribution is -0.384. The predicted octanol–water partition coefficient (Wildman–Crippen LogP) is 2.65. The number of non-ortho nitro benzene ring substituents is 1. The number of amides is 1. The summed E-state index contributed by atoms with van der Waals surface area (Å²) in [6.45, 7) is 1.12. The molecule has 0 spiro atoms. The van der Waals surface area contributed by atoms with E-state index in [4.69, 9.17) is 16.3 Å². The minimum absolute atomic E-state index is 0.00981. The van der Waals surface area contributed by atoms with Crippen LogP contribution in [0.3, 0.4) is 0 Å². The number of carbonyl (C=O) groups excluding carboxylic acids is 1. The molecule has 8 nitrogen and oxygen atoms in total. The molecule has 0 N–H and O–H groups in total. The Morgan fingerprint density at radius 3 is 2.65 bits per heavy atom. The quantitative estimate of drug-likeness (QED) is 0.587. The van der Waals surface area contributed by atoms with Gasteiger partial charge in [-0.05, 0) is 18.4 Å². The van der Waals surface area contributed by atoms with Gasteiger partial charge in [-0.2, -0.15) is 0 Å². The molecule has 0 radical (unpaired) electrons. The van der Waals surface area contributed by atoms with Crippen molar-refractivity contribution in [3.05, 3.63) is 57.4 Å². The number of carbonyl (C=O) groups is 1. The average molecular weight is 377 g/mol. The molecule has 1 amide bonds. The van der Waals surface area contributed by atoms with Crippen LogP contribution in [0.5, 0.6) is 6.01 Å². The largest absolute Gasteiger partial charge is 0.458 e. The monoisotopic (exact) mass is 376 g/mol. The molecule has 1 unspecified atom stereocenters. The second-order valence-corrected chi connectivity index (χ2v) is 6.44. The van der Waals surface area contributed by atoms with Crippen molar-refractivity contribution in [2.45, 2.75) is 25.4 Å². The Bertz CT molecular complexity index is 782. The van der Waals surface area contributed by atoms with Gasteiger partial charge in [-0.3, -0.25) is 14.9 Å². The molecule has 2 heterocycles. The van der Waals surface area contributed by atoms with E-state index < -0.39 is 4.92 Å². The van der Waals surface area contributed by atoms with Gasteiger partial charge in [0.15, 0.2) is 0 Å². The molecule has 0 bridgehead atoms. The standard InChI is InChI=1S/C17H17ClN4O4/c18-13-9-19-17(20-10-13)26-15-2-1-7-21(11-15)16(23)8-12-3-5-14(6-4-12)22(24)25/h3-6,9-10,15H,1-2,7-8,11H2. The van der Waals surface area contributed by atoms with E-state index in [-0.39, 0.29) is 30.1 Å². The molecule has 1 aliphatic rings. The Kier molecular flexibility index (Phi) is 5.62. The summed E-state index contributed by atoms with van der Waals surface area (Å²) in [6.07, 6.45) is 4.58. The van der Waals surface area contributed by atoms with Crippen LogP contribution < -0.4 is 4.74 Å². The molecule has 9 heteroatoms. The number of benzene rings is 1. The maximum atomic E-state index is 12.5. The Hall–Kier alpha value is -2.74. The maximum Gasteiger partial charge on any atom is 0.316 e. The van der Waals surface area contributed by atoms with E-state index in [1.807, 2.05) is 0 Å². The van der Waals surface area contributed by atoms with Crippen molar-refractivity contribution in [1.29, 1.82) is 0 Å². The van der Waals surface area contributed by atoms with Crippen LogP contribution in [0.2, 0.25) is 5.02 Å². The number of halogens is 1. The number of nitro benzene ring substituents is 1. The SMILES string of the molecule is O=C(Cc1ccc([N+](=O)[O-])cc1)N1CCCC(Oc2ncc(Cl)cn2)C1. The minimum Gasteiger partial charge on any atom is -0.458 e. The molecule has 1 aromatic carbocycles. The number of nitro groups is 1. The molecule has 3 rings (SSSR count). The van der Waals surface area contributed by atoms with E-state index in [2.05, 4.69) is 9.97 Å². The summed E-state index contributed by atoms with van der Waals surface area (Å²) in [6, 6.07) is 6.26. The fraction of sp³-hybridized carbons (Fsp3) is 0.353. The van der Waals surface area contributed by atoms with Crippen molar-refractivity contribution in [2.75, 3.05) is 13.1 Å². The molecule has 1 fully saturated rings. The molecule has 0 aliphatic carbocycles. The van der Waals surface area contributed by atoms with E-state index in [0.717, 1.165) is 18.4 Å². The number of nitrogens with zero attached hydrogens (tertiary/aromatic N) is 4. The number of hydrogen-bond donors (Lipinski definition) is 0. The zero-order chi connectivity index (χ0) is 18.5. The van der Waals surface area contributed by atoms with Crippen LogP contribution >= 0.6 is 11.6 Å². The molecule has 26 heavy (non-hydrogen) atoms. The number of aromatic nitrogens is 2. The smallest absolute Gasteiger partial charge is 0.316 e. The van der Waals surface area contributed by atoms with Crippen molar-refractivity contribution in [3.63, 3.8) is 0 Å². The van der Waals surface area contributed by atoms with Gasteiger partial charge in [0.2, 0.25) is 5.91 Å². The van der Waals surface area contributed by atoms with E-state index in [0.29, 0.717) is 18.1 Å². The number of ether oxygens (including phenoxy) is 1. The Morgan fingerprint density at radius 1 is 1.31 bits per heavy atom. The molecule has 1 aromatic heterocycles. The van der Waals surface area contributed by atoms with E-state index in [1.54, 1.807) is 17.0 Å². The summed E-state index contributed by atoms with van der Waals surface area (Å²) in [7, 11) is 0. The third-order valence-electron chi connectivity index (χ3n) is 4.10. The molecule has 1 saturated heterocycles. The summed E-state index contributed by atoms with van der Waals surface area (Å²) in [5, 5.41) is 11.1. The maximum absolute atomic E-state index is 12.5. The summed E-state index contributed by atoms with van der Waals surface area (Å²) in [4.78, 5) is 32.5. The number of likely N-dealkylation sites (tertiary alicyclic amines) is 1. The fourth-order valence-corrected chi connectivity index (χ4v) is 2.89. The highest BCUT2D eigenvalue weighted by Gasteiger charge is 2.25. The average Bonchev–Trinajstić information content (AvgIpc) is 2.64. The summed E-state index contributed by atoms with van der Waals surface area (Å²) in [5.41, 5.74) is 0.750. The first-order valence-corrected chi connectivity index (χ1v) is 8.54. The fourth-order valence-electron chi connectivity index (χ4n) is 2.79. The van der Waals surface area contributed by atoms with Crippen LogP contribution in [0.4, 0.5) is 5.69 Å². The first-order chi connectivity index (χ1) is 12.5. The van der Waals surface area contributed by atoms with Gasteiger partial charge in [0, 0.05) is 18.7 Å². The van der Waals surface area contributed by atoms with Gasteiger partial charge in [0.05, 0.1) is 35.3 Å². The number of hydrogen-bond acceptors (Lipinski definition) is 6. The van der Waals surface area contributed by atoms with Gasteiger partial charge < -0.3 is 9.64 Å². The number of piperidine rings is 1. The highest BCUT2D eigenvalue weighted by Crippen LogP contribution is 2.18. The second-order valence-electron chi connectivity index (χ2n) is 6.01. The van der Waals surface area contributed by atoms with E-state index in [9.17, 15) is 14.9 Å². The van der Waals surface area contributed by atoms with Crippen LogP contribution in [-0.2, 0) is 11.2 Å². The van der Waals surface area contributed by atoms with Gasteiger partial charge in [-0.15, -0.1) is 0 Å². The van der Waals surface area contributed by atoms with Crippen LogP contribution in [0.25, 0.3) is 0 Å². The van der Waals surface area contributed by atoms with E-state index in [1.165, 1.54) is 24.5 Å². The van der Waals surface area contributed by atoms with Crippen LogP contribution in [0.15, 0.2) is 36.7 Å². The molecular weight excluding hydrogens is 360 g/mol. The molecule has 0 saturated carbocycles. The highest BCUT2D eigenvalue weighted by atomic mass is 35.5. The summed E-state index contributed by atoms with van der Waals surface area (Å²) >= 11 is 5.75. The molecule has 136 valence electrons. The van der Waals surface area contributed by atoms with Crippen molar-refractivity contribution in [3.8, 4) is 6.01 Å². The van der Waals surface area contributed by atoms with Crippen molar-refractivity contribution < 1.29 is 14.5 Å². The number of rotatable bonds is 5. The van der Waals surface area contributed by atoms with E-state index >= 15 is 0 Å². The van der Waals surface area contributed by atoms with Gasteiger partial charge >= 0.3 is 6.01 Å². The molecular formula is C17H17ClN4O4. The van der Waals surface area contributed by atoms with Gasteiger partial charge in [-0.1, -0.05) is 23.7 Å². The van der Waals surface area contributed by atoms with Crippen LogP contribution in [0, 0.1) is 10.1 Å². The predicted molar refractivity (Wildman–Crippen MR) is 94.1 cm³/mol. The van der Waals surface area contributed by atoms with Crippen molar-refractivity contribution >= 4 is 23.2 Å². The molecule has 1 atom stereocenters. The topological polar surface area (TPSA) is 98.5 Å². The summed E-state index contributed by atoms with van der Waals surface area (Å²) < 4.78 is 5.73. The Balaban J connectivity index is 1.57. The lowest BCUT2D eigenvalue weighted by Gasteiger charge is -2.32. The summed E-state index contributed by atoms with van der Waals surface area (Å²) in [5.74, 6) is -0.0378. The molecule has 2 aromatic rings. The van der Waals surface area contributed by atoms with Gasteiger partial charge in [-0.25, -0.2) is 9.97 Å². The minimum atomic E-state index is -0.461.